The largest absolute Gasteiger partial charge is 0.381 e. The van der Waals surface area contributed by atoms with Gasteiger partial charge in [-0.1, -0.05) is 12.1 Å². The lowest BCUT2D eigenvalue weighted by molar-refractivity contribution is 0.00144. The summed E-state index contributed by atoms with van der Waals surface area (Å²) < 4.78 is 26.9. The lowest BCUT2D eigenvalue weighted by atomic mass is 9.78. The highest BCUT2D eigenvalue weighted by atomic mass is 32.1. The number of halogens is 1. The van der Waals surface area contributed by atoms with Crippen LogP contribution >= 0.6 is 11.3 Å². The van der Waals surface area contributed by atoms with Gasteiger partial charge in [-0.25, -0.2) is 19.3 Å². The van der Waals surface area contributed by atoms with Gasteiger partial charge in [-0.3, -0.25) is 0 Å². The lowest BCUT2D eigenvalue weighted by Gasteiger charge is -2.34. The van der Waals surface area contributed by atoms with Crippen LogP contribution in [0, 0.1) is 11.7 Å². The van der Waals surface area contributed by atoms with Gasteiger partial charge in [0.1, 0.15) is 10.6 Å². The van der Waals surface area contributed by atoms with E-state index in [2.05, 4.69) is 16.0 Å². The van der Waals surface area contributed by atoms with Crippen LogP contribution in [0.15, 0.2) is 36.7 Å². The first-order valence-corrected chi connectivity index (χ1v) is 13.2. The number of benzene rings is 1. The first-order valence-electron chi connectivity index (χ1n) is 12.4. The van der Waals surface area contributed by atoms with E-state index in [-0.39, 0.29) is 5.82 Å². The van der Waals surface area contributed by atoms with E-state index < -0.39 is 0 Å². The fraction of sp³-hybridized carbons (Fsp3) is 0.370. The van der Waals surface area contributed by atoms with Crippen LogP contribution in [-0.2, 0) is 15.9 Å². The van der Waals surface area contributed by atoms with Crippen LogP contribution < -0.4 is 4.90 Å². The summed E-state index contributed by atoms with van der Waals surface area (Å²) in [5.74, 6) is 1.73. The van der Waals surface area contributed by atoms with E-state index in [0.717, 1.165) is 64.1 Å². The summed E-state index contributed by atoms with van der Waals surface area (Å²) in [6.07, 6.45) is 6.95. The normalized spacial score (nSPS) is 20.4. The zero-order chi connectivity index (χ0) is 24.2. The molecule has 1 saturated heterocycles. The van der Waals surface area contributed by atoms with Crippen molar-refractivity contribution in [1.29, 1.82) is 0 Å². The average molecular weight is 504 g/mol. The minimum atomic E-state index is -0.300. The lowest BCUT2D eigenvalue weighted by Crippen LogP contribution is -2.36. The Bertz CT molecular complexity index is 1590. The number of methoxy groups -OCH3 is 1. The van der Waals surface area contributed by atoms with E-state index >= 15 is 0 Å². The van der Waals surface area contributed by atoms with Gasteiger partial charge >= 0.3 is 0 Å². The van der Waals surface area contributed by atoms with Crippen molar-refractivity contribution in [3.05, 3.63) is 48.0 Å². The molecule has 7 rings (SSSR count). The highest BCUT2D eigenvalue weighted by Crippen LogP contribution is 2.40. The van der Waals surface area contributed by atoms with Gasteiger partial charge in [0.15, 0.2) is 11.6 Å². The summed E-state index contributed by atoms with van der Waals surface area (Å²) in [6.45, 7) is 2.81. The number of fused-ring (bicyclic) bond motifs is 4. The van der Waals surface area contributed by atoms with Gasteiger partial charge < -0.3 is 19.4 Å². The second kappa shape index (κ2) is 8.76. The number of aromatic nitrogens is 4. The molecule has 0 bridgehead atoms. The van der Waals surface area contributed by atoms with Crippen molar-refractivity contribution in [2.75, 3.05) is 38.3 Å². The summed E-state index contributed by atoms with van der Waals surface area (Å²) in [5.41, 5.74) is 3.52. The molecule has 0 radical (unpaired) electrons. The van der Waals surface area contributed by atoms with Crippen molar-refractivity contribution < 1.29 is 13.9 Å². The third-order valence-electron chi connectivity index (χ3n) is 7.47. The molecular weight excluding hydrogens is 477 g/mol. The standard InChI is InChI=1S/C27H26FN5O2S/c1-34-17-10-15(11-17)9-16-12-19-23-24(36-27(19)30-13-16)26(33-5-7-35-8-6-33)32-25(31-23)18-3-2-4-21-22(18)20(28)14-29-21/h2-4,12-15,17,29H,5-11H2,1H3. The van der Waals surface area contributed by atoms with Crippen molar-refractivity contribution in [3.8, 4) is 11.4 Å². The molecule has 2 aliphatic rings. The molecule has 36 heavy (non-hydrogen) atoms. The van der Waals surface area contributed by atoms with Gasteiger partial charge in [0.25, 0.3) is 0 Å². The minimum absolute atomic E-state index is 0.300. The smallest absolute Gasteiger partial charge is 0.163 e. The summed E-state index contributed by atoms with van der Waals surface area (Å²) in [5, 5.41) is 1.55. The summed E-state index contributed by atoms with van der Waals surface area (Å²) in [4.78, 5) is 21.1. The predicted octanol–water partition coefficient (Wildman–Crippen LogP) is 5.33. The number of hydrogen-bond donors (Lipinski definition) is 1. The Kier molecular flexibility index (Phi) is 5.37. The number of aromatic amines is 1. The molecule has 5 heterocycles. The molecule has 0 atom stereocenters. The van der Waals surface area contributed by atoms with Crippen molar-refractivity contribution >= 4 is 48.5 Å². The van der Waals surface area contributed by atoms with Crippen molar-refractivity contribution in [3.63, 3.8) is 0 Å². The van der Waals surface area contributed by atoms with E-state index in [0.29, 0.717) is 42.0 Å². The molecule has 1 aliphatic carbocycles. The van der Waals surface area contributed by atoms with Crippen LogP contribution in [-0.4, -0.2) is 59.5 Å². The van der Waals surface area contributed by atoms with Crippen LogP contribution in [0.25, 0.3) is 42.7 Å². The number of pyridine rings is 1. The Morgan fingerprint density at radius 2 is 2.08 bits per heavy atom. The Morgan fingerprint density at radius 3 is 2.92 bits per heavy atom. The van der Waals surface area contributed by atoms with Crippen LogP contribution in [0.1, 0.15) is 18.4 Å². The number of morpholine rings is 1. The van der Waals surface area contributed by atoms with Crippen LogP contribution in [0.2, 0.25) is 0 Å². The molecule has 0 unspecified atom stereocenters. The molecule has 0 spiro atoms. The maximum absolute atomic E-state index is 14.8. The Balaban J connectivity index is 1.40. The third kappa shape index (κ3) is 3.65. The molecule has 1 aromatic carbocycles. The molecule has 5 aromatic rings. The van der Waals surface area contributed by atoms with Crippen LogP contribution in [0.5, 0.6) is 0 Å². The average Bonchev–Trinajstić information content (AvgIpc) is 3.46. The number of anilines is 1. The van der Waals surface area contributed by atoms with Gasteiger partial charge in [0.2, 0.25) is 0 Å². The Morgan fingerprint density at radius 1 is 1.22 bits per heavy atom. The SMILES string of the molecule is COC1CC(Cc2cnc3sc4c(N5CCOCC5)nc(-c5cccc6[nH]cc(F)c56)nc4c3c2)C1. The van der Waals surface area contributed by atoms with E-state index in [1.807, 2.05) is 24.4 Å². The maximum atomic E-state index is 14.8. The fourth-order valence-electron chi connectivity index (χ4n) is 5.48. The molecule has 7 nitrogen and oxygen atoms in total. The van der Waals surface area contributed by atoms with Gasteiger partial charge in [-0.15, -0.1) is 11.3 Å². The second-order valence-corrected chi connectivity index (χ2v) is 10.7. The number of nitrogens with one attached hydrogen (secondary N) is 1. The molecule has 9 heteroatoms. The van der Waals surface area contributed by atoms with E-state index in [9.17, 15) is 4.39 Å². The molecule has 1 saturated carbocycles. The molecule has 1 aliphatic heterocycles. The molecule has 2 fully saturated rings. The third-order valence-corrected chi connectivity index (χ3v) is 8.57. The number of thiophene rings is 1. The number of ether oxygens (including phenoxy) is 2. The summed E-state index contributed by atoms with van der Waals surface area (Å²) >= 11 is 1.63. The van der Waals surface area contributed by atoms with E-state index in [4.69, 9.17) is 24.4 Å². The van der Waals surface area contributed by atoms with Crippen LogP contribution in [0.3, 0.4) is 0 Å². The summed E-state index contributed by atoms with van der Waals surface area (Å²) in [6, 6.07) is 7.91. The highest BCUT2D eigenvalue weighted by Gasteiger charge is 2.29. The number of rotatable bonds is 5. The number of nitrogens with zero attached hydrogens (tertiary/aromatic N) is 4. The molecular formula is C27H26FN5O2S. The van der Waals surface area contributed by atoms with Crippen molar-refractivity contribution in [2.24, 2.45) is 5.92 Å². The van der Waals surface area contributed by atoms with Gasteiger partial charge in [-0.2, -0.15) is 0 Å². The number of H-pyrrole nitrogens is 1. The molecule has 184 valence electrons. The Hall–Kier alpha value is -3.14. The number of hydrogen-bond acceptors (Lipinski definition) is 7. The van der Waals surface area contributed by atoms with Gasteiger partial charge in [0.05, 0.1) is 29.5 Å². The minimum Gasteiger partial charge on any atom is -0.381 e. The van der Waals surface area contributed by atoms with Gasteiger partial charge in [0, 0.05) is 54.4 Å². The first kappa shape index (κ1) is 22.1. The van der Waals surface area contributed by atoms with Crippen LogP contribution in [0.4, 0.5) is 10.2 Å². The van der Waals surface area contributed by atoms with E-state index in [1.165, 1.54) is 11.8 Å². The predicted molar refractivity (Wildman–Crippen MR) is 140 cm³/mol. The zero-order valence-electron chi connectivity index (χ0n) is 20.0. The van der Waals surface area contributed by atoms with Gasteiger partial charge in [-0.05, 0) is 42.9 Å². The maximum Gasteiger partial charge on any atom is 0.163 e. The first-order chi connectivity index (χ1) is 17.7. The molecule has 0 amide bonds. The quantitative estimate of drug-likeness (QED) is 0.349. The monoisotopic (exact) mass is 503 g/mol. The van der Waals surface area contributed by atoms with E-state index in [1.54, 1.807) is 18.4 Å². The van der Waals surface area contributed by atoms with Crippen molar-refractivity contribution in [2.45, 2.75) is 25.4 Å². The molecule has 4 aromatic heterocycles. The fourth-order valence-corrected chi connectivity index (χ4v) is 6.56. The Labute approximate surface area is 211 Å². The second-order valence-electron chi connectivity index (χ2n) is 9.71. The zero-order valence-corrected chi connectivity index (χ0v) is 20.8. The topological polar surface area (TPSA) is 76.2 Å². The molecule has 1 N–H and O–H groups in total. The van der Waals surface area contributed by atoms with Crippen molar-refractivity contribution in [1.82, 2.24) is 19.9 Å². The summed E-state index contributed by atoms with van der Waals surface area (Å²) in [7, 11) is 1.79. The highest BCUT2D eigenvalue weighted by molar-refractivity contribution is 7.25.